The summed E-state index contributed by atoms with van der Waals surface area (Å²) in [5.74, 6) is 0. The molecule has 0 saturated heterocycles. The highest BCUT2D eigenvalue weighted by Gasteiger charge is 2.14. The van der Waals surface area contributed by atoms with Crippen molar-refractivity contribution in [3.05, 3.63) is 0 Å². The fourth-order valence-electron chi connectivity index (χ4n) is 1.84. The van der Waals surface area contributed by atoms with E-state index in [1.807, 2.05) is 0 Å². The fourth-order valence-corrected chi connectivity index (χ4v) is 1.84. The molecule has 1 saturated carbocycles. The van der Waals surface area contributed by atoms with Crippen molar-refractivity contribution in [3.8, 4) is 0 Å². The molecule has 1 aliphatic carbocycles. The molecule has 1 atom stereocenters. The van der Waals surface area contributed by atoms with Gasteiger partial charge in [0.15, 0.2) is 0 Å². The van der Waals surface area contributed by atoms with Gasteiger partial charge in [-0.2, -0.15) is 0 Å². The van der Waals surface area contributed by atoms with Crippen LogP contribution in [0, 0.1) is 0 Å². The number of methoxy groups -OCH3 is 1. The zero-order chi connectivity index (χ0) is 11.1. The molecule has 3 nitrogen and oxygen atoms in total. The Hall–Kier alpha value is -0.730. The van der Waals surface area contributed by atoms with Gasteiger partial charge in [0.25, 0.3) is 6.02 Å². The maximum absolute atomic E-state index is 5.26. The van der Waals surface area contributed by atoms with Gasteiger partial charge >= 0.3 is 0 Å². The van der Waals surface area contributed by atoms with Crippen LogP contribution in [0.1, 0.15) is 52.4 Å². The van der Waals surface area contributed by atoms with Gasteiger partial charge in [0.05, 0.1) is 13.2 Å². The van der Waals surface area contributed by atoms with Crippen molar-refractivity contribution in [1.29, 1.82) is 0 Å². The summed E-state index contributed by atoms with van der Waals surface area (Å²) in [7, 11) is 1.69. The van der Waals surface area contributed by atoms with Crippen LogP contribution in [0.4, 0.5) is 0 Å². The molecule has 3 heteroatoms. The van der Waals surface area contributed by atoms with Crippen LogP contribution in [0.15, 0.2) is 4.99 Å². The van der Waals surface area contributed by atoms with Crippen molar-refractivity contribution in [2.45, 2.75) is 64.5 Å². The van der Waals surface area contributed by atoms with E-state index in [1.165, 1.54) is 32.1 Å². The Morgan fingerprint density at radius 2 is 2.07 bits per heavy atom. The first-order valence-corrected chi connectivity index (χ1v) is 6.14. The van der Waals surface area contributed by atoms with E-state index >= 15 is 0 Å². The van der Waals surface area contributed by atoms with E-state index in [2.05, 4.69) is 24.2 Å². The molecular weight excluding hydrogens is 188 g/mol. The Balaban J connectivity index is 2.44. The van der Waals surface area contributed by atoms with Gasteiger partial charge in [-0.1, -0.05) is 26.2 Å². The molecule has 15 heavy (non-hydrogen) atoms. The van der Waals surface area contributed by atoms with Crippen LogP contribution in [0.25, 0.3) is 0 Å². The number of nitrogens with zero attached hydrogens (tertiary/aromatic N) is 1. The number of hydrogen-bond donors (Lipinski definition) is 1. The number of rotatable bonds is 3. The zero-order valence-electron chi connectivity index (χ0n) is 10.3. The van der Waals surface area contributed by atoms with Gasteiger partial charge in [0.1, 0.15) is 0 Å². The molecule has 1 rings (SSSR count). The second-order valence-corrected chi connectivity index (χ2v) is 4.38. The lowest BCUT2D eigenvalue weighted by Crippen LogP contribution is -2.34. The van der Waals surface area contributed by atoms with Gasteiger partial charge in [0, 0.05) is 6.04 Å². The van der Waals surface area contributed by atoms with Gasteiger partial charge in [-0.3, -0.25) is 0 Å². The lowest BCUT2D eigenvalue weighted by Gasteiger charge is -2.20. The molecule has 0 radical (unpaired) electrons. The van der Waals surface area contributed by atoms with E-state index in [0.717, 1.165) is 12.4 Å². The van der Waals surface area contributed by atoms with Gasteiger partial charge in [-0.25, -0.2) is 4.99 Å². The molecule has 1 N–H and O–H groups in total. The molecule has 1 aliphatic rings. The third kappa shape index (κ3) is 4.54. The predicted molar refractivity (Wildman–Crippen MR) is 64.2 cm³/mol. The minimum Gasteiger partial charge on any atom is -0.469 e. The normalized spacial score (nSPS) is 21.1. The zero-order valence-corrected chi connectivity index (χ0v) is 10.3. The summed E-state index contributed by atoms with van der Waals surface area (Å²) in [4.78, 5) is 4.63. The number of hydrogen-bond acceptors (Lipinski definition) is 2. The number of aliphatic imine (C=N–C) groups is 1. The van der Waals surface area contributed by atoms with E-state index in [-0.39, 0.29) is 0 Å². The molecule has 0 heterocycles. The Morgan fingerprint density at radius 1 is 1.40 bits per heavy atom. The van der Waals surface area contributed by atoms with Crippen LogP contribution in [0.5, 0.6) is 0 Å². The fraction of sp³-hybridized carbons (Fsp3) is 0.917. The summed E-state index contributed by atoms with van der Waals surface area (Å²) < 4.78 is 5.26. The molecule has 0 spiro atoms. The first kappa shape index (κ1) is 12.3. The number of nitrogens with one attached hydrogen (secondary N) is 1. The summed E-state index contributed by atoms with van der Waals surface area (Å²) in [5.41, 5.74) is 0. The average Bonchev–Trinajstić information content (AvgIpc) is 2.29. The smallest absolute Gasteiger partial charge is 0.284 e. The van der Waals surface area contributed by atoms with Crippen molar-refractivity contribution in [1.82, 2.24) is 5.32 Å². The van der Waals surface area contributed by atoms with Crippen molar-refractivity contribution < 1.29 is 4.74 Å². The summed E-state index contributed by atoms with van der Waals surface area (Å²) >= 11 is 0. The minimum absolute atomic E-state index is 0.437. The minimum atomic E-state index is 0.437. The summed E-state index contributed by atoms with van der Waals surface area (Å²) in [5, 5.41) is 3.29. The highest BCUT2D eigenvalue weighted by Crippen LogP contribution is 2.20. The van der Waals surface area contributed by atoms with Crippen molar-refractivity contribution in [2.75, 3.05) is 7.11 Å². The van der Waals surface area contributed by atoms with Crippen molar-refractivity contribution in [3.63, 3.8) is 0 Å². The molecule has 0 aromatic rings. The van der Waals surface area contributed by atoms with E-state index in [0.29, 0.717) is 12.1 Å². The molecule has 0 aromatic carbocycles. The Bertz CT molecular complexity index is 198. The molecule has 0 aliphatic heterocycles. The monoisotopic (exact) mass is 212 g/mol. The molecule has 0 amide bonds. The van der Waals surface area contributed by atoms with Crippen LogP contribution in [-0.2, 0) is 4.74 Å². The quantitative estimate of drug-likeness (QED) is 0.576. The van der Waals surface area contributed by atoms with Crippen molar-refractivity contribution in [2.24, 2.45) is 4.99 Å². The standard InChI is InChI=1S/C12H24N2O/c1-4-10(2)13-12(15-3)14-11-8-6-5-7-9-11/h10-11H,4-9H2,1-3H3,(H,13,14). The molecule has 1 unspecified atom stereocenters. The van der Waals surface area contributed by atoms with Gasteiger partial charge in [-0.05, 0) is 26.2 Å². The number of ether oxygens (including phenoxy) is 1. The van der Waals surface area contributed by atoms with Crippen LogP contribution in [0.2, 0.25) is 0 Å². The second kappa shape index (κ2) is 6.70. The van der Waals surface area contributed by atoms with Gasteiger partial charge < -0.3 is 10.1 Å². The molecule has 0 bridgehead atoms. The third-order valence-electron chi connectivity index (χ3n) is 3.05. The van der Waals surface area contributed by atoms with E-state index in [1.54, 1.807) is 7.11 Å². The molecule has 1 fully saturated rings. The Labute approximate surface area is 93.3 Å². The molecule has 0 aromatic heterocycles. The van der Waals surface area contributed by atoms with Crippen LogP contribution in [-0.4, -0.2) is 25.2 Å². The lowest BCUT2D eigenvalue weighted by molar-refractivity contribution is 0.354. The molecule has 88 valence electrons. The van der Waals surface area contributed by atoms with Crippen LogP contribution in [0.3, 0.4) is 0 Å². The van der Waals surface area contributed by atoms with Gasteiger partial charge in [0.2, 0.25) is 0 Å². The van der Waals surface area contributed by atoms with E-state index in [4.69, 9.17) is 4.74 Å². The average molecular weight is 212 g/mol. The predicted octanol–water partition coefficient (Wildman–Crippen LogP) is 2.71. The maximum atomic E-state index is 5.26. The van der Waals surface area contributed by atoms with Gasteiger partial charge in [-0.15, -0.1) is 0 Å². The highest BCUT2D eigenvalue weighted by atomic mass is 16.5. The highest BCUT2D eigenvalue weighted by molar-refractivity contribution is 5.73. The third-order valence-corrected chi connectivity index (χ3v) is 3.05. The van der Waals surface area contributed by atoms with Crippen molar-refractivity contribution >= 4 is 6.02 Å². The number of amidine groups is 1. The second-order valence-electron chi connectivity index (χ2n) is 4.38. The largest absolute Gasteiger partial charge is 0.469 e. The first-order valence-electron chi connectivity index (χ1n) is 6.14. The summed E-state index contributed by atoms with van der Waals surface area (Å²) in [6.07, 6.45) is 7.52. The van der Waals surface area contributed by atoms with Crippen LogP contribution >= 0.6 is 0 Å². The Kier molecular flexibility index (Phi) is 5.51. The lowest BCUT2D eigenvalue weighted by atomic mass is 9.96. The Morgan fingerprint density at radius 3 is 2.60 bits per heavy atom. The maximum Gasteiger partial charge on any atom is 0.284 e. The topological polar surface area (TPSA) is 33.6 Å². The SMILES string of the molecule is CCC(C)NC(=NC1CCCCC1)OC. The summed E-state index contributed by atoms with van der Waals surface area (Å²) in [6.45, 7) is 4.31. The van der Waals surface area contributed by atoms with Crippen LogP contribution < -0.4 is 5.32 Å². The van der Waals surface area contributed by atoms with E-state index < -0.39 is 0 Å². The first-order chi connectivity index (χ1) is 7.26. The summed E-state index contributed by atoms with van der Waals surface area (Å²) in [6, 6.07) is 1.63. The van der Waals surface area contributed by atoms with E-state index in [9.17, 15) is 0 Å². The molecular formula is C12H24N2O.